The molecule has 1 aromatic carbocycles. The number of pyridine rings is 1. The summed E-state index contributed by atoms with van der Waals surface area (Å²) in [7, 11) is -1.29. The molecule has 0 saturated carbocycles. The van der Waals surface area contributed by atoms with Gasteiger partial charge in [0.25, 0.3) is 0 Å². The average molecular weight is 491 g/mol. The van der Waals surface area contributed by atoms with Crippen LogP contribution in [0, 0.1) is 0 Å². The minimum atomic E-state index is -2.86. The molecule has 188 valence electrons. The van der Waals surface area contributed by atoms with Gasteiger partial charge in [-0.15, -0.1) is 4.57 Å². The van der Waals surface area contributed by atoms with Crippen molar-refractivity contribution in [2.75, 3.05) is 13.7 Å². The maximum Gasteiger partial charge on any atom is 0.492 e. The monoisotopic (exact) mass is 490 g/mol. The van der Waals surface area contributed by atoms with Gasteiger partial charge in [0, 0.05) is 30.3 Å². The van der Waals surface area contributed by atoms with E-state index in [0.29, 0.717) is 23.9 Å². The number of aromatic nitrogens is 1. The maximum absolute atomic E-state index is 11.8. The molecule has 0 N–H and O–H groups in total. The molecule has 0 radical (unpaired) electrons. The molecule has 7 heteroatoms. The fourth-order valence-electron chi connectivity index (χ4n) is 3.84. The number of methoxy groups -OCH3 is 1. The van der Waals surface area contributed by atoms with Crippen LogP contribution in [0.25, 0.3) is 0 Å². The maximum atomic E-state index is 11.8. The van der Waals surface area contributed by atoms with Gasteiger partial charge in [0.1, 0.15) is 17.2 Å². The third-order valence-electron chi connectivity index (χ3n) is 5.77. The molecule has 0 aliphatic heterocycles. The van der Waals surface area contributed by atoms with E-state index in [1.807, 2.05) is 6.07 Å². The molecule has 6 nitrogen and oxygen atoms in total. The van der Waals surface area contributed by atoms with Crippen LogP contribution >= 0.6 is 8.03 Å². The second-order valence-corrected chi connectivity index (χ2v) is 9.65. The van der Waals surface area contributed by atoms with Crippen molar-refractivity contribution in [3.63, 3.8) is 0 Å². The van der Waals surface area contributed by atoms with E-state index >= 15 is 0 Å². The van der Waals surface area contributed by atoms with Crippen LogP contribution in [0.4, 0.5) is 0 Å². The lowest BCUT2D eigenvalue weighted by atomic mass is 10.1. The summed E-state index contributed by atoms with van der Waals surface area (Å²) >= 11 is 0. The molecule has 2 rings (SSSR count). The molecule has 1 heterocycles. The second-order valence-electron chi connectivity index (χ2n) is 8.63. The summed E-state index contributed by atoms with van der Waals surface area (Å²) < 4.78 is 30.3. The van der Waals surface area contributed by atoms with E-state index < -0.39 is 14.0 Å². The van der Waals surface area contributed by atoms with Gasteiger partial charge >= 0.3 is 14.0 Å². The molecule has 0 fully saturated rings. The van der Waals surface area contributed by atoms with E-state index in [1.165, 1.54) is 68.8 Å². The van der Waals surface area contributed by atoms with Crippen molar-refractivity contribution in [2.24, 2.45) is 0 Å². The lowest BCUT2D eigenvalue weighted by molar-refractivity contribution is -0.733. The number of ether oxygens (including phenoxy) is 3. The Bertz CT molecular complexity index is 818. The van der Waals surface area contributed by atoms with Gasteiger partial charge in [0.05, 0.1) is 13.7 Å². The summed E-state index contributed by atoms with van der Waals surface area (Å²) in [5, 5.41) is 0. The minimum absolute atomic E-state index is 0.379. The van der Waals surface area contributed by atoms with Crippen LogP contribution in [0.15, 0.2) is 48.8 Å². The first-order chi connectivity index (χ1) is 16.6. The zero-order valence-corrected chi connectivity index (χ0v) is 21.7. The minimum Gasteiger partial charge on any atom is -0.587 e. The summed E-state index contributed by atoms with van der Waals surface area (Å²) in [6, 6.07) is 10.5. The molecule has 0 aliphatic carbocycles. The van der Waals surface area contributed by atoms with Crippen LogP contribution in [0.2, 0.25) is 0 Å². The highest BCUT2D eigenvalue weighted by atomic mass is 31.1. The molecule has 0 amide bonds. The third-order valence-corrected chi connectivity index (χ3v) is 6.50. The molecule has 1 aromatic heterocycles. The molecule has 2 aromatic rings. The Morgan fingerprint density at radius 2 is 1.32 bits per heavy atom. The van der Waals surface area contributed by atoms with Crippen molar-refractivity contribution < 1.29 is 28.2 Å². The number of hydrogen-bond donors (Lipinski definition) is 0. The van der Waals surface area contributed by atoms with Crippen molar-refractivity contribution in [1.82, 2.24) is 0 Å². The lowest BCUT2D eigenvalue weighted by Gasteiger charge is -2.12. The number of benzene rings is 1. The van der Waals surface area contributed by atoms with Crippen LogP contribution in [0.3, 0.4) is 0 Å². The molecule has 0 aliphatic rings. The first kappa shape index (κ1) is 28.1. The Morgan fingerprint density at radius 3 is 1.88 bits per heavy atom. The standard InChI is InChI=1S/C27H41NO5P/c1-3-4-5-6-7-8-9-10-11-12-13-17-20-32-25-21-24(31-2)22-26(23-25)33-27(34(29)30)28-18-15-14-16-19-28/h14-16,18-19,21-23,27H,3-13,17,20H2,1-2H3/q+1. The van der Waals surface area contributed by atoms with Crippen molar-refractivity contribution >= 4 is 8.03 Å². The predicted molar refractivity (Wildman–Crippen MR) is 133 cm³/mol. The van der Waals surface area contributed by atoms with Crippen LogP contribution < -0.4 is 23.7 Å². The van der Waals surface area contributed by atoms with Crippen LogP contribution in [-0.4, -0.2) is 13.7 Å². The number of nitrogens with zero attached hydrogens (tertiary/aromatic N) is 1. The van der Waals surface area contributed by atoms with Gasteiger partial charge in [-0.3, -0.25) is 0 Å². The highest BCUT2D eigenvalue weighted by Gasteiger charge is 2.33. The molecule has 34 heavy (non-hydrogen) atoms. The number of unbranched alkanes of at least 4 members (excludes halogenated alkanes) is 11. The van der Waals surface area contributed by atoms with Crippen molar-refractivity contribution in [3.05, 3.63) is 48.8 Å². The van der Waals surface area contributed by atoms with Gasteiger partial charge in [-0.25, -0.2) is 0 Å². The van der Waals surface area contributed by atoms with E-state index in [2.05, 4.69) is 6.92 Å². The molecule has 2 atom stereocenters. The fourth-order valence-corrected chi connectivity index (χ4v) is 4.42. The summed E-state index contributed by atoms with van der Waals surface area (Å²) in [5.41, 5.74) is 0. The Morgan fingerprint density at radius 1 is 0.794 bits per heavy atom. The summed E-state index contributed by atoms with van der Waals surface area (Å²) in [6.07, 6.45) is 18.9. The van der Waals surface area contributed by atoms with Gasteiger partial charge in [0.15, 0.2) is 12.4 Å². The van der Waals surface area contributed by atoms with Gasteiger partial charge < -0.3 is 19.1 Å². The van der Waals surface area contributed by atoms with E-state index in [1.54, 1.807) is 49.8 Å². The molecule has 0 bridgehead atoms. The first-order valence-corrected chi connectivity index (χ1v) is 14.0. The van der Waals surface area contributed by atoms with E-state index in [9.17, 15) is 9.46 Å². The predicted octanol–water partition coefficient (Wildman–Crippen LogP) is 6.70. The van der Waals surface area contributed by atoms with Crippen LogP contribution in [0.5, 0.6) is 17.2 Å². The quantitative estimate of drug-likeness (QED) is 0.124. The third kappa shape index (κ3) is 11.3. The number of rotatable bonds is 19. The van der Waals surface area contributed by atoms with Gasteiger partial charge in [-0.05, 0) is 6.42 Å². The highest BCUT2D eigenvalue weighted by molar-refractivity contribution is 7.36. The Hall–Kier alpha value is -2.17. The van der Waals surface area contributed by atoms with Crippen molar-refractivity contribution in [1.29, 1.82) is 0 Å². The topological polar surface area (TPSA) is 71.7 Å². The smallest absolute Gasteiger partial charge is 0.492 e. The molecular weight excluding hydrogens is 449 g/mol. The average Bonchev–Trinajstić information content (AvgIpc) is 2.85. The lowest BCUT2D eigenvalue weighted by Crippen LogP contribution is -2.41. The normalized spacial score (nSPS) is 12.3. The Balaban J connectivity index is 1.71. The highest BCUT2D eigenvalue weighted by Crippen LogP contribution is 2.33. The first-order valence-electron chi connectivity index (χ1n) is 12.7. The summed E-state index contributed by atoms with van der Waals surface area (Å²) in [5.74, 6) is 0.396. The Kier molecular flexibility index (Phi) is 14.3. The fraction of sp³-hybridized carbons (Fsp3) is 0.593. The largest absolute Gasteiger partial charge is 0.587 e. The van der Waals surface area contributed by atoms with E-state index in [-0.39, 0.29) is 0 Å². The van der Waals surface area contributed by atoms with E-state index in [0.717, 1.165) is 12.8 Å². The molecule has 2 unspecified atom stereocenters. The SMILES string of the molecule is CCCCCCCCCCCCCCOc1cc(OC)cc(OC([n+]2ccccc2)[P+](=O)[O-])c1. The van der Waals surface area contributed by atoms with E-state index in [4.69, 9.17) is 14.2 Å². The molecule has 0 saturated heterocycles. The number of hydrogen-bond acceptors (Lipinski definition) is 5. The van der Waals surface area contributed by atoms with Crippen LogP contribution in [-0.2, 0) is 4.57 Å². The van der Waals surface area contributed by atoms with Crippen LogP contribution in [0.1, 0.15) is 89.9 Å². The van der Waals surface area contributed by atoms with Gasteiger partial charge in [0.2, 0.25) is 0 Å². The molecule has 0 spiro atoms. The zero-order chi connectivity index (χ0) is 24.4. The Labute approximate surface area is 206 Å². The van der Waals surface area contributed by atoms with Crippen molar-refractivity contribution in [3.8, 4) is 17.2 Å². The second kappa shape index (κ2) is 17.3. The summed E-state index contributed by atoms with van der Waals surface area (Å²) in [6.45, 7) is 2.87. The van der Waals surface area contributed by atoms with Gasteiger partial charge in [-0.1, -0.05) is 88.2 Å². The zero-order valence-electron chi connectivity index (χ0n) is 20.8. The van der Waals surface area contributed by atoms with Crippen molar-refractivity contribution in [2.45, 2.75) is 89.9 Å². The summed E-state index contributed by atoms with van der Waals surface area (Å²) in [4.78, 5) is 11.8. The molecular formula is C27H41NO5P+. The van der Waals surface area contributed by atoms with Gasteiger partial charge in [-0.2, -0.15) is 0 Å².